The van der Waals surface area contributed by atoms with Crippen LogP contribution in [0.25, 0.3) is 16.6 Å². The summed E-state index contributed by atoms with van der Waals surface area (Å²) in [6.07, 6.45) is 1.70. The minimum absolute atomic E-state index is 0.163. The van der Waals surface area contributed by atoms with Crippen molar-refractivity contribution < 1.29 is 9.90 Å². The van der Waals surface area contributed by atoms with Crippen molar-refractivity contribution in [2.45, 2.75) is 12.8 Å². The van der Waals surface area contributed by atoms with E-state index >= 15 is 0 Å². The van der Waals surface area contributed by atoms with E-state index in [1.54, 1.807) is 25.3 Å². The number of allylic oxidation sites excluding steroid dienone is 3. The summed E-state index contributed by atoms with van der Waals surface area (Å²) < 4.78 is 0. The van der Waals surface area contributed by atoms with Crippen LogP contribution in [0.4, 0.5) is 0 Å². The van der Waals surface area contributed by atoms with E-state index in [-0.39, 0.29) is 5.56 Å². The highest BCUT2D eigenvalue weighted by Gasteiger charge is 2.31. The molecule has 1 atom stereocenters. The van der Waals surface area contributed by atoms with Gasteiger partial charge in [0.2, 0.25) is 0 Å². The maximum Gasteiger partial charge on any atom is 0.335 e. The van der Waals surface area contributed by atoms with Gasteiger partial charge in [0.25, 0.3) is 0 Å². The number of benzene rings is 2. The van der Waals surface area contributed by atoms with Gasteiger partial charge in [-0.3, -0.25) is 5.10 Å². The molecule has 0 fully saturated rings. The lowest BCUT2D eigenvalue weighted by Crippen LogP contribution is -2.24. The quantitative estimate of drug-likeness (QED) is 0.635. The highest BCUT2D eigenvalue weighted by atomic mass is 16.4. The van der Waals surface area contributed by atoms with Gasteiger partial charge in [-0.25, -0.2) is 4.79 Å². The smallest absolute Gasteiger partial charge is 0.335 e. The number of rotatable bonds is 3. The van der Waals surface area contributed by atoms with Crippen molar-refractivity contribution >= 4 is 22.6 Å². The van der Waals surface area contributed by atoms with E-state index in [1.807, 2.05) is 18.2 Å². The minimum atomic E-state index is -1.02. The Balaban J connectivity index is 1.90. The number of dihydropyridines is 1. The number of H-pyrrole nitrogens is 1. The van der Waals surface area contributed by atoms with Crippen LogP contribution in [0.3, 0.4) is 0 Å². The summed E-state index contributed by atoms with van der Waals surface area (Å²) in [6, 6.07) is 16.5. The van der Waals surface area contributed by atoms with E-state index in [4.69, 9.17) is 5.11 Å². The van der Waals surface area contributed by atoms with Gasteiger partial charge in [-0.2, -0.15) is 15.6 Å². The molecule has 1 unspecified atom stereocenters. The number of aromatic amines is 1. The van der Waals surface area contributed by atoms with Crippen LogP contribution in [-0.4, -0.2) is 21.3 Å². The lowest BCUT2D eigenvalue weighted by Gasteiger charge is -2.28. The first-order valence-corrected chi connectivity index (χ1v) is 8.82. The van der Waals surface area contributed by atoms with E-state index in [1.165, 1.54) is 12.1 Å². The van der Waals surface area contributed by atoms with Gasteiger partial charge in [0.05, 0.1) is 52.2 Å². The second-order valence-corrected chi connectivity index (χ2v) is 6.71. The molecule has 1 aliphatic rings. The van der Waals surface area contributed by atoms with Crippen molar-refractivity contribution in [2.75, 3.05) is 0 Å². The molecular weight excluding hydrogens is 366 g/mol. The highest BCUT2D eigenvalue weighted by molar-refractivity contribution is 5.88. The van der Waals surface area contributed by atoms with Gasteiger partial charge in [0.15, 0.2) is 0 Å². The topological polar surface area (TPSA) is 126 Å². The predicted octanol–water partition coefficient (Wildman–Crippen LogP) is 3.68. The number of aromatic nitrogens is 2. The molecule has 2 heterocycles. The number of fused-ring (bicyclic) bond motifs is 1. The maximum absolute atomic E-state index is 11.1. The van der Waals surface area contributed by atoms with Gasteiger partial charge >= 0.3 is 5.97 Å². The number of aromatic carboxylic acids is 1. The largest absolute Gasteiger partial charge is 0.478 e. The molecule has 3 aromatic rings. The summed E-state index contributed by atoms with van der Waals surface area (Å²) in [5, 5.41) is 39.8. The normalized spacial score (nSPS) is 16.3. The van der Waals surface area contributed by atoms with E-state index in [9.17, 15) is 15.3 Å². The second-order valence-electron chi connectivity index (χ2n) is 6.71. The first-order chi connectivity index (χ1) is 14.0. The van der Waals surface area contributed by atoms with Gasteiger partial charge in [0.1, 0.15) is 0 Å². The minimum Gasteiger partial charge on any atom is -0.478 e. The Bertz CT molecular complexity index is 1280. The number of carboxylic acid groups (broad SMARTS) is 1. The predicted molar refractivity (Wildman–Crippen MR) is 106 cm³/mol. The van der Waals surface area contributed by atoms with Crippen LogP contribution >= 0.6 is 0 Å². The Hall–Kier alpha value is -4.36. The summed E-state index contributed by atoms with van der Waals surface area (Å²) >= 11 is 0. The molecule has 1 aromatic heterocycles. The molecule has 0 saturated carbocycles. The average Bonchev–Trinajstić information content (AvgIpc) is 3.20. The highest BCUT2D eigenvalue weighted by Crippen LogP contribution is 2.40. The average molecular weight is 381 g/mol. The van der Waals surface area contributed by atoms with E-state index in [0.717, 1.165) is 16.5 Å². The van der Waals surface area contributed by atoms with Gasteiger partial charge in [-0.05, 0) is 42.3 Å². The second kappa shape index (κ2) is 6.99. The molecule has 3 N–H and O–H groups in total. The molecule has 0 spiro atoms. The van der Waals surface area contributed by atoms with Gasteiger partial charge in [-0.15, -0.1) is 0 Å². The molecule has 0 saturated heterocycles. The molecular formula is C22H15N5O2. The lowest BCUT2D eigenvalue weighted by atomic mass is 9.80. The zero-order valence-corrected chi connectivity index (χ0v) is 15.4. The molecule has 1 aliphatic heterocycles. The fraction of sp³-hybridized carbons (Fsp3) is 0.0909. The number of carbonyl (C=O) groups is 1. The number of hydrogen-bond acceptors (Lipinski definition) is 5. The van der Waals surface area contributed by atoms with Crippen molar-refractivity contribution in [3.63, 3.8) is 0 Å². The van der Waals surface area contributed by atoms with Gasteiger partial charge in [0, 0.05) is 11.1 Å². The molecule has 2 aromatic carbocycles. The SMILES string of the molecule is CC1=C(C#N)C(c2ccc3[nH]ncc3c2)C(C#N)=C(c2ccc(C(=O)O)cc2)N1. The van der Waals surface area contributed by atoms with Crippen LogP contribution in [0.1, 0.15) is 34.3 Å². The molecule has 140 valence electrons. The number of hydrogen-bond donors (Lipinski definition) is 3. The Labute approximate surface area is 166 Å². The summed E-state index contributed by atoms with van der Waals surface area (Å²) in [5.74, 6) is -1.54. The first kappa shape index (κ1) is 18.0. The molecule has 29 heavy (non-hydrogen) atoms. The van der Waals surface area contributed by atoms with E-state index in [2.05, 4.69) is 27.7 Å². The third-order valence-corrected chi connectivity index (χ3v) is 5.02. The summed E-state index contributed by atoms with van der Waals surface area (Å²) in [5.41, 5.74) is 4.61. The number of nitriles is 2. The molecule has 0 aliphatic carbocycles. The molecule has 7 nitrogen and oxygen atoms in total. The third-order valence-electron chi connectivity index (χ3n) is 5.02. The Morgan fingerprint density at radius 2 is 1.83 bits per heavy atom. The molecule has 7 heteroatoms. The number of nitrogens with zero attached hydrogens (tertiary/aromatic N) is 3. The van der Waals surface area contributed by atoms with Crippen molar-refractivity contribution in [3.05, 3.63) is 82.2 Å². The van der Waals surface area contributed by atoms with Crippen molar-refractivity contribution in [3.8, 4) is 12.1 Å². The fourth-order valence-electron chi connectivity index (χ4n) is 3.58. The fourth-order valence-corrected chi connectivity index (χ4v) is 3.58. The Morgan fingerprint density at radius 3 is 2.48 bits per heavy atom. The Kier molecular flexibility index (Phi) is 4.34. The van der Waals surface area contributed by atoms with Crippen LogP contribution in [0, 0.1) is 22.7 Å². The Morgan fingerprint density at radius 1 is 1.10 bits per heavy atom. The molecule has 4 rings (SSSR count). The third kappa shape index (κ3) is 3.01. The van der Waals surface area contributed by atoms with E-state index < -0.39 is 11.9 Å². The zero-order chi connectivity index (χ0) is 20.5. The molecule has 0 bridgehead atoms. The molecule has 0 radical (unpaired) electrons. The van der Waals surface area contributed by atoms with Crippen molar-refractivity contribution in [1.29, 1.82) is 10.5 Å². The summed E-state index contributed by atoms with van der Waals surface area (Å²) in [4.78, 5) is 11.1. The van der Waals surface area contributed by atoms with Gasteiger partial charge < -0.3 is 10.4 Å². The van der Waals surface area contributed by atoms with Crippen LogP contribution in [0.2, 0.25) is 0 Å². The summed E-state index contributed by atoms with van der Waals surface area (Å²) in [7, 11) is 0. The monoisotopic (exact) mass is 381 g/mol. The number of carboxylic acids is 1. The van der Waals surface area contributed by atoms with Crippen LogP contribution in [0.15, 0.2) is 65.5 Å². The first-order valence-electron chi connectivity index (χ1n) is 8.82. The van der Waals surface area contributed by atoms with Gasteiger partial charge in [-0.1, -0.05) is 18.2 Å². The number of nitrogens with one attached hydrogen (secondary N) is 2. The maximum atomic E-state index is 11.1. The van der Waals surface area contributed by atoms with E-state index in [0.29, 0.717) is 28.1 Å². The van der Waals surface area contributed by atoms with Crippen LogP contribution in [-0.2, 0) is 0 Å². The van der Waals surface area contributed by atoms with Crippen molar-refractivity contribution in [2.24, 2.45) is 0 Å². The molecule has 0 amide bonds. The van der Waals surface area contributed by atoms with Crippen LogP contribution in [0.5, 0.6) is 0 Å². The van der Waals surface area contributed by atoms with Crippen molar-refractivity contribution in [1.82, 2.24) is 15.5 Å². The van der Waals surface area contributed by atoms with Crippen LogP contribution < -0.4 is 5.32 Å². The zero-order valence-electron chi connectivity index (χ0n) is 15.4. The summed E-state index contributed by atoms with van der Waals surface area (Å²) in [6.45, 7) is 1.79. The standard InChI is InChI=1S/C22H15N5O2/c1-12-17(9-23)20(15-6-7-19-16(8-15)11-25-27-19)18(10-24)21(26-12)13-2-4-14(5-3-13)22(28)29/h2-8,11,20,26H,1H3,(H,25,27)(H,28,29). The lowest BCUT2D eigenvalue weighted by molar-refractivity contribution is 0.0697.